The number of sulfone groups is 1. The van der Waals surface area contributed by atoms with Crippen molar-refractivity contribution in [2.45, 2.75) is 16.7 Å². The molecule has 7 nitrogen and oxygen atoms in total. The van der Waals surface area contributed by atoms with Gasteiger partial charge in [-0.15, -0.1) is 0 Å². The second-order valence-corrected chi connectivity index (χ2v) is 10.7. The molecule has 0 heterocycles. The Hall–Kier alpha value is -3.17. The summed E-state index contributed by atoms with van der Waals surface area (Å²) in [4.78, 5) is 12.5. The molecule has 0 spiro atoms. The van der Waals surface area contributed by atoms with E-state index in [1.807, 2.05) is 13.0 Å². The quantitative estimate of drug-likeness (QED) is 0.539. The van der Waals surface area contributed by atoms with Crippen molar-refractivity contribution in [1.29, 1.82) is 0 Å². The lowest BCUT2D eigenvalue weighted by Crippen LogP contribution is -2.29. The lowest BCUT2D eigenvalue weighted by atomic mass is 10.2. The van der Waals surface area contributed by atoms with Gasteiger partial charge in [0.2, 0.25) is 0 Å². The highest BCUT2D eigenvalue weighted by Gasteiger charge is 2.18. The third-order valence-electron chi connectivity index (χ3n) is 4.44. The van der Waals surface area contributed by atoms with Crippen LogP contribution in [0.1, 0.15) is 15.9 Å². The Labute approximate surface area is 182 Å². The van der Waals surface area contributed by atoms with E-state index >= 15 is 0 Å². The van der Waals surface area contributed by atoms with Gasteiger partial charge in [0.15, 0.2) is 9.84 Å². The third kappa shape index (κ3) is 5.93. The van der Waals surface area contributed by atoms with Gasteiger partial charge in [0.1, 0.15) is 0 Å². The Morgan fingerprint density at radius 2 is 1.48 bits per heavy atom. The summed E-state index contributed by atoms with van der Waals surface area (Å²) in [6.07, 6.45) is 0. The van der Waals surface area contributed by atoms with Gasteiger partial charge in [-0.05, 0) is 55.0 Å². The molecule has 0 saturated heterocycles. The van der Waals surface area contributed by atoms with Gasteiger partial charge in [-0.3, -0.25) is 9.52 Å². The maximum absolute atomic E-state index is 12.7. The summed E-state index contributed by atoms with van der Waals surface area (Å²) in [5.74, 6) is -0.828. The molecule has 1 amide bonds. The van der Waals surface area contributed by atoms with E-state index < -0.39 is 25.8 Å². The number of amides is 1. The molecule has 0 fully saturated rings. The van der Waals surface area contributed by atoms with E-state index in [1.54, 1.807) is 36.4 Å². The number of aryl methyl sites for hydroxylation is 1. The van der Waals surface area contributed by atoms with Crippen molar-refractivity contribution in [2.75, 3.05) is 17.0 Å². The first kappa shape index (κ1) is 22.5. The van der Waals surface area contributed by atoms with Crippen LogP contribution >= 0.6 is 0 Å². The molecule has 3 aromatic carbocycles. The fourth-order valence-corrected chi connectivity index (χ4v) is 5.15. The van der Waals surface area contributed by atoms with Crippen molar-refractivity contribution in [3.05, 3.63) is 90.0 Å². The number of sulfonamides is 1. The maximum atomic E-state index is 12.7. The zero-order chi connectivity index (χ0) is 22.5. The first-order chi connectivity index (χ1) is 14.7. The number of benzene rings is 3. The van der Waals surface area contributed by atoms with Crippen LogP contribution in [0.4, 0.5) is 5.69 Å². The smallest absolute Gasteiger partial charge is 0.261 e. The van der Waals surface area contributed by atoms with E-state index in [0.717, 1.165) is 5.56 Å². The molecule has 162 valence electrons. The van der Waals surface area contributed by atoms with Gasteiger partial charge < -0.3 is 5.32 Å². The minimum absolute atomic E-state index is 0.0708. The standard InChI is InChI=1S/C22H22N2O5S2/c1-17-7-5-9-19(15-17)24-31(28,29)21-12-6-8-18(16-21)22(25)23-13-14-30(26,27)20-10-3-2-4-11-20/h2-12,15-16,24H,13-14H2,1H3,(H,23,25). The molecule has 0 bridgehead atoms. The van der Waals surface area contributed by atoms with Crippen LogP contribution in [0, 0.1) is 6.92 Å². The lowest BCUT2D eigenvalue weighted by molar-refractivity contribution is 0.0956. The molecule has 0 unspecified atom stereocenters. The van der Waals surface area contributed by atoms with Crippen LogP contribution in [0.25, 0.3) is 0 Å². The molecule has 3 aromatic rings. The predicted molar refractivity (Wildman–Crippen MR) is 119 cm³/mol. The minimum Gasteiger partial charge on any atom is -0.351 e. The number of anilines is 1. The molecule has 9 heteroatoms. The summed E-state index contributed by atoms with van der Waals surface area (Å²) in [7, 11) is -7.42. The fraction of sp³-hybridized carbons (Fsp3) is 0.136. The van der Waals surface area contributed by atoms with Crippen LogP contribution in [-0.4, -0.2) is 35.0 Å². The lowest BCUT2D eigenvalue weighted by Gasteiger charge is -2.10. The normalized spacial score (nSPS) is 11.6. The summed E-state index contributed by atoms with van der Waals surface area (Å²) in [6.45, 7) is 1.75. The van der Waals surface area contributed by atoms with Gasteiger partial charge in [0, 0.05) is 17.8 Å². The van der Waals surface area contributed by atoms with Gasteiger partial charge >= 0.3 is 0 Å². The second-order valence-electron chi connectivity index (χ2n) is 6.89. The summed E-state index contributed by atoms with van der Waals surface area (Å²) in [6, 6.07) is 20.4. The first-order valence-corrected chi connectivity index (χ1v) is 12.6. The van der Waals surface area contributed by atoms with E-state index in [9.17, 15) is 21.6 Å². The maximum Gasteiger partial charge on any atom is 0.261 e. The van der Waals surface area contributed by atoms with Crippen LogP contribution in [0.15, 0.2) is 88.7 Å². The Kier molecular flexibility index (Phi) is 6.77. The van der Waals surface area contributed by atoms with Crippen molar-refractivity contribution < 1.29 is 21.6 Å². The average molecular weight is 459 g/mol. The molecular weight excluding hydrogens is 436 g/mol. The SMILES string of the molecule is Cc1cccc(NS(=O)(=O)c2cccc(C(=O)NCCS(=O)(=O)c3ccccc3)c2)c1. The molecule has 0 radical (unpaired) electrons. The van der Waals surface area contributed by atoms with Crippen molar-refractivity contribution in [1.82, 2.24) is 5.32 Å². The number of hydrogen-bond donors (Lipinski definition) is 2. The Bertz CT molecular complexity index is 1290. The van der Waals surface area contributed by atoms with Gasteiger partial charge in [-0.1, -0.05) is 36.4 Å². The van der Waals surface area contributed by atoms with Crippen LogP contribution < -0.4 is 10.0 Å². The highest BCUT2D eigenvalue weighted by atomic mass is 32.2. The third-order valence-corrected chi connectivity index (χ3v) is 7.55. The molecule has 3 rings (SSSR count). The van der Waals surface area contributed by atoms with E-state index in [0.29, 0.717) is 5.69 Å². The zero-order valence-corrected chi connectivity index (χ0v) is 18.4. The predicted octanol–water partition coefficient (Wildman–Crippen LogP) is 3.00. The highest BCUT2D eigenvalue weighted by Crippen LogP contribution is 2.18. The molecule has 0 aliphatic rings. The molecule has 31 heavy (non-hydrogen) atoms. The number of carbonyl (C=O) groups excluding carboxylic acids is 1. The first-order valence-electron chi connectivity index (χ1n) is 9.43. The monoisotopic (exact) mass is 458 g/mol. The second kappa shape index (κ2) is 9.32. The molecule has 0 aromatic heterocycles. The Balaban J connectivity index is 1.67. The van der Waals surface area contributed by atoms with Gasteiger partial charge in [-0.25, -0.2) is 16.8 Å². The average Bonchev–Trinajstić information content (AvgIpc) is 2.74. The Morgan fingerprint density at radius 1 is 0.806 bits per heavy atom. The van der Waals surface area contributed by atoms with Crippen LogP contribution in [0.2, 0.25) is 0 Å². The van der Waals surface area contributed by atoms with E-state index in [1.165, 1.54) is 36.4 Å². The number of rotatable bonds is 8. The summed E-state index contributed by atoms with van der Waals surface area (Å²) in [5, 5.41) is 2.53. The Morgan fingerprint density at radius 3 is 2.19 bits per heavy atom. The molecule has 0 aliphatic carbocycles. The van der Waals surface area contributed by atoms with Crippen molar-refractivity contribution >= 4 is 31.5 Å². The molecule has 0 saturated carbocycles. The van der Waals surface area contributed by atoms with Gasteiger partial charge in [0.05, 0.1) is 15.5 Å². The fourth-order valence-electron chi connectivity index (χ4n) is 2.87. The van der Waals surface area contributed by atoms with Crippen molar-refractivity contribution in [3.63, 3.8) is 0 Å². The zero-order valence-electron chi connectivity index (χ0n) is 16.8. The molecule has 2 N–H and O–H groups in total. The number of hydrogen-bond acceptors (Lipinski definition) is 5. The summed E-state index contributed by atoms with van der Waals surface area (Å²) in [5.41, 5.74) is 1.43. The van der Waals surface area contributed by atoms with Crippen LogP contribution in [0.3, 0.4) is 0 Å². The minimum atomic E-state index is -3.89. The molecule has 0 atom stereocenters. The topological polar surface area (TPSA) is 109 Å². The highest BCUT2D eigenvalue weighted by molar-refractivity contribution is 7.92. The number of carbonyl (C=O) groups is 1. The van der Waals surface area contributed by atoms with Gasteiger partial charge in [0.25, 0.3) is 15.9 Å². The van der Waals surface area contributed by atoms with Gasteiger partial charge in [-0.2, -0.15) is 0 Å². The van der Waals surface area contributed by atoms with E-state index in [2.05, 4.69) is 10.0 Å². The molecule has 0 aliphatic heterocycles. The van der Waals surface area contributed by atoms with E-state index in [4.69, 9.17) is 0 Å². The van der Waals surface area contributed by atoms with Crippen LogP contribution in [0.5, 0.6) is 0 Å². The summed E-state index contributed by atoms with van der Waals surface area (Å²) >= 11 is 0. The van der Waals surface area contributed by atoms with Crippen molar-refractivity contribution in [3.8, 4) is 0 Å². The molecular formula is C22H22N2O5S2. The number of nitrogens with one attached hydrogen (secondary N) is 2. The van der Waals surface area contributed by atoms with E-state index in [-0.39, 0.29) is 27.7 Å². The van der Waals surface area contributed by atoms with Crippen LogP contribution in [-0.2, 0) is 19.9 Å². The largest absolute Gasteiger partial charge is 0.351 e. The summed E-state index contributed by atoms with van der Waals surface area (Å²) < 4.78 is 52.4. The van der Waals surface area contributed by atoms with Crippen molar-refractivity contribution in [2.24, 2.45) is 0 Å².